The molecule has 11 nitrogen and oxygen atoms in total. The first-order valence-corrected chi connectivity index (χ1v) is 18.3. The van der Waals surface area contributed by atoms with Gasteiger partial charge in [-0.15, -0.1) is 0 Å². The third-order valence-electron chi connectivity index (χ3n) is 10.5. The zero-order valence-electron chi connectivity index (χ0n) is 30.8. The Labute approximate surface area is 311 Å². The van der Waals surface area contributed by atoms with Gasteiger partial charge < -0.3 is 30.8 Å². The molecule has 0 spiro atoms. The third kappa shape index (κ3) is 9.11. The van der Waals surface area contributed by atoms with Gasteiger partial charge in [-0.2, -0.15) is 13.2 Å². The van der Waals surface area contributed by atoms with Crippen molar-refractivity contribution in [2.24, 2.45) is 11.8 Å². The van der Waals surface area contributed by atoms with E-state index < -0.39 is 58.9 Å². The van der Waals surface area contributed by atoms with Gasteiger partial charge in [0.2, 0.25) is 23.6 Å². The molecule has 2 aromatic carbocycles. The van der Waals surface area contributed by atoms with Crippen molar-refractivity contribution in [1.82, 2.24) is 35.8 Å². The van der Waals surface area contributed by atoms with Gasteiger partial charge in [-0.1, -0.05) is 64.4 Å². The zero-order chi connectivity index (χ0) is 39.2. The molecule has 0 bridgehead atoms. The molecule has 1 aliphatic rings. The van der Waals surface area contributed by atoms with Crippen LogP contribution in [0.25, 0.3) is 10.9 Å². The molecule has 4 amide bonds. The summed E-state index contributed by atoms with van der Waals surface area (Å²) in [4.78, 5) is 62.2. The van der Waals surface area contributed by atoms with E-state index in [4.69, 9.17) is 0 Å². The van der Waals surface area contributed by atoms with Gasteiger partial charge in [0.1, 0.15) is 23.6 Å². The minimum Gasteiger partial charge on any atom is -0.358 e. The highest BCUT2D eigenvalue weighted by molar-refractivity contribution is 5.97. The van der Waals surface area contributed by atoms with Crippen molar-refractivity contribution in [3.8, 4) is 0 Å². The smallest absolute Gasteiger partial charge is 0.358 e. The molecule has 0 fully saturated rings. The lowest BCUT2D eigenvalue weighted by Gasteiger charge is -2.40. The van der Waals surface area contributed by atoms with E-state index >= 15 is 0 Å². The second kappa shape index (κ2) is 16.9. The Kier molecular flexibility index (Phi) is 12.5. The maximum absolute atomic E-state index is 14.7. The Morgan fingerprint density at radius 3 is 2.37 bits per heavy atom. The van der Waals surface area contributed by atoms with Gasteiger partial charge in [0, 0.05) is 42.9 Å². The fourth-order valence-electron chi connectivity index (χ4n) is 6.85. The Morgan fingerprint density at radius 2 is 1.70 bits per heavy atom. The molecule has 2 heterocycles. The van der Waals surface area contributed by atoms with E-state index in [1.54, 1.807) is 42.3 Å². The van der Waals surface area contributed by atoms with Gasteiger partial charge in [-0.25, -0.2) is 9.37 Å². The predicted molar refractivity (Wildman–Crippen MR) is 194 cm³/mol. The lowest BCUT2D eigenvalue weighted by molar-refractivity contribution is -0.138. The summed E-state index contributed by atoms with van der Waals surface area (Å²) >= 11 is 0. The summed E-state index contributed by atoms with van der Waals surface area (Å²) in [6, 6.07) is 8.51. The van der Waals surface area contributed by atoms with Gasteiger partial charge in [-0.05, 0) is 54.4 Å². The highest BCUT2D eigenvalue weighted by atomic mass is 19.4. The maximum Gasteiger partial charge on any atom is 0.418 e. The predicted octanol–water partition coefficient (Wildman–Crippen LogP) is 5.33. The van der Waals surface area contributed by atoms with Crippen molar-refractivity contribution < 1.29 is 36.7 Å². The number of nitrogens with zero attached hydrogens (tertiary/aromatic N) is 2. The van der Waals surface area contributed by atoms with Crippen LogP contribution in [0.3, 0.4) is 0 Å². The molecule has 5 atom stereocenters. The van der Waals surface area contributed by atoms with E-state index in [0.29, 0.717) is 30.6 Å². The second-order valence-electron chi connectivity index (χ2n) is 14.2. The summed E-state index contributed by atoms with van der Waals surface area (Å²) < 4.78 is 58.3. The Morgan fingerprint density at radius 1 is 0.963 bits per heavy atom. The Balaban J connectivity index is 1.47. The van der Waals surface area contributed by atoms with Crippen molar-refractivity contribution in [2.45, 2.75) is 103 Å². The number of carbonyl (C=O) groups excluding carboxylic acids is 4. The van der Waals surface area contributed by atoms with Crippen molar-refractivity contribution >= 4 is 34.5 Å². The summed E-state index contributed by atoms with van der Waals surface area (Å²) in [6.07, 6.45) is 0.191. The monoisotopic (exact) mass is 753 g/mol. The first-order valence-electron chi connectivity index (χ1n) is 18.3. The number of halogens is 4. The number of rotatable bonds is 15. The van der Waals surface area contributed by atoms with Crippen LogP contribution in [0.5, 0.6) is 0 Å². The number of hydrogen-bond acceptors (Lipinski definition) is 5. The third-order valence-corrected chi connectivity index (χ3v) is 10.5. The van der Waals surface area contributed by atoms with Crippen LogP contribution >= 0.6 is 0 Å². The van der Waals surface area contributed by atoms with Crippen LogP contribution in [0, 0.1) is 17.7 Å². The molecule has 290 valence electrons. The number of nitrogens with one attached hydrogen (secondary N) is 5. The van der Waals surface area contributed by atoms with Crippen LogP contribution in [0.15, 0.2) is 61.2 Å². The SMILES string of the molecule is CCC(C)[C@H](NC(=O)Cc1ccccc1F)C(=O)NC1(C(=O)N[C@@H](NC(=O)CCn2ccnc2)[C@@H](C)CC)CCc2[nH]c3c(C(F)(F)F)cccc3c2C1. The fraction of sp³-hybridized carbons (Fsp3) is 0.462. The average molecular weight is 754 g/mol. The molecule has 4 aromatic rings. The summed E-state index contributed by atoms with van der Waals surface area (Å²) in [5, 5.41) is 11.8. The summed E-state index contributed by atoms with van der Waals surface area (Å²) in [6.45, 7) is 7.70. The van der Waals surface area contributed by atoms with Gasteiger partial charge in [0.05, 0.1) is 23.8 Å². The molecule has 5 N–H and O–H groups in total. The van der Waals surface area contributed by atoms with Crippen molar-refractivity contribution in [1.29, 1.82) is 0 Å². The van der Waals surface area contributed by atoms with Gasteiger partial charge in [0.25, 0.3) is 0 Å². The molecular formula is C39H47F4N7O4. The number of aromatic amines is 1. The fourth-order valence-corrected chi connectivity index (χ4v) is 6.85. The standard InChI is InChI=1S/C39H47F4N7O4/c1-5-23(3)33(46-32(52)20-25-10-7-8-13-29(25)40)36(53)49-38(16-14-30-27(21-38)26-11-9-12-28(34(26)45-30)39(41,42)43)37(54)48-35(24(4)6-2)47-31(51)15-18-50-19-17-44-22-50/h7-13,17,19,22-24,33,35,45H,5-6,14-16,18,20-21H2,1-4H3,(H,46,52)(H,47,51)(H,48,54)(H,49,53)/t23?,24-,33-,35+,38?/m0/s1. The quantitative estimate of drug-likeness (QED) is 0.0822. The van der Waals surface area contributed by atoms with E-state index in [2.05, 4.69) is 31.2 Å². The molecule has 0 aliphatic heterocycles. The highest BCUT2D eigenvalue weighted by Gasteiger charge is 2.47. The topological polar surface area (TPSA) is 150 Å². The van der Waals surface area contributed by atoms with Crippen LogP contribution < -0.4 is 21.3 Å². The molecular weight excluding hydrogens is 706 g/mol. The number of alkyl halides is 3. The normalized spacial score (nSPS) is 17.9. The van der Waals surface area contributed by atoms with Crippen molar-refractivity contribution in [3.05, 3.63) is 89.4 Å². The first kappa shape index (κ1) is 40.0. The molecule has 15 heteroatoms. The molecule has 0 saturated carbocycles. The Hall–Kier alpha value is -5.21. The number of amides is 4. The summed E-state index contributed by atoms with van der Waals surface area (Å²) in [5.74, 6) is -3.47. The van der Waals surface area contributed by atoms with E-state index in [1.807, 2.05) is 20.8 Å². The molecule has 5 rings (SSSR count). The van der Waals surface area contributed by atoms with Crippen LogP contribution in [-0.2, 0) is 51.2 Å². The number of hydrogen-bond donors (Lipinski definition) is 5. The lowest BCUT2D eigenvalue weighted by Crippen LogP contribution is -2.67. The van der Waals surface area contributed by atoms with Gasteiger partial charge in [-0.3, -0.25) is 19.2 Å². The number of carbonyl (C=O) groups is 4. The number of aryl methyl sites for hydroxylation is 2. The number of fused-ring (bicyclic) bond motifs is 3. The average Bonchev–Trinajstić information content (AvgIpc) is 3.80. The van der Waals surface area contributed by atoms with E-state index in [9.17, 15) is 36.7 Å². The molecule has 2 unspecified atom stereocenters. The second-order valence-corrected chi connectivity index (χ2v) is 14.2. The Bertz CT molecular complexity index is 1960. The van der Waals surface area contributed by atoms with E-state index in [0.717, 1.165) is 6.07 Å². The summed E-state index contributed by atoms with van der Waals surface area (Å²) in [5.41, 5.74) is -1.54. The van der Waals surface area contributed by atoms with Crippen LogP contribution in [-0.4, -0.2) is 55.9 Å². The minimum atomic E-state index is -4.64. The van der Waals surface area contributed by atoms with Crippen LogP contribution in [0.4, 0.5) is 17.6 Å². The van der Waals surface area contributed by atoms with Crippen LogP contribution in [0.2, 0.25) is 0 Å². The molecule has 1 aliphatic carbocycles. The number of imidazole rings is 1. The van der Waals surface area contributed by atoms with E-state index in [1.165, 1.54) is 24.3 Å². The maximum atomic E-state index is 14.7. The number of para-hydroxylation sites is 1. The lowest BCUT2D eigenvalue weighted by atomic mass is 9.78. The molecule has 0 saturated heterocycles. The zero-order valence-corrected chi connectivity index (χ0v) is 30.8. The van der Waals surface area contributed by atoms with E-state index in [-0.39, 0.29) is 60.4 Å². The largest absolute Gasteiger partial charge is 0.418 e. The number of aromatic nitrogens is 3. The number of benzene rings is 2. The van der Waals surface area contributed by atoms with Crippen molar-refractivity contribution in [3.63, 3.8) is 0 Å². The number of H-pyrrole nitrogens is 1. The van der Waals surface area contributed by atoms with Crippen LogP contribution in [0.1, 0.15) is 75.8 Å². The molecule has 2 aromatic heterocycles. The van der Waals surface area contributed by atoms with Crippen molar-refractivity contribution in [2.75, 3.05) is 0 Å². The van der Waals surface area contributed by atoms with Gasteiger partial charge >= 0.3 is 6.18 Å². The highest BCUT2D eigenvalue weighted by Crippen LogP contribution is 2.40. The minimum absolute atomic E-state index is 0.00392. The summed E-state index contributed by atoms with van der Waals surface area (Å²) in [7, 11) is 0. The molecule has 0 radical (unpaired) electrons. The van der Waals surface area contributed by atoms with Gasteiger partial charge in [0.15, 0.2) is 0 Å². The first-order chi connectivity index (χ1) is 25.7. The molecule has 54 heavy (non-hydrogen) atoms.